The zero-order chi connectivity index (χ0) is 15.3. The highest BCUT2D eigenvalue weighted by Gasteiger charge is 2.48. The zero-order valence-corrected chi connectivity index (χ0v) is 11.8. The Bertz CT molecular complexity index is 663. The molecule has 1 aromatic carbocycles. The van der Waals surface area contributed by atoms with Crippen molar-refractivity contribution in [2.24, 2.45) is 0 Å². The summed E-state index contributed by atoms with van der Waals surface area (Å²) in [5.74, 6) is -2.85. The lowest BCUT2D eigenvalue weighted by Gasteiger charge is -2.37. The van der Waals surface area contributed by atoms with Crippen LogP contribution in [0.3, 0.4) is 0 Å². The average molecular weight is 319 g/mol. The van der Waals surface area contributed by atoms with Gasteiger partial charge in [-0.15, -0.1) is 0 Å². The fraction of sp³-hybridized carbons (Fsp3) is 0.500. The molecule has 1 aliphatic carbocycles. The highest BCUT2D eigenvalue weighted by molar-refractivity contribution is 6.31. The topological polar surface area (TPSA) is 48.9 Å². The van der Waals surface area contributed by atoms with Crippen LogP contribution in [0.5, 0.6) is 0 Å². The van der Waals surface area contributed by atoms with Gasteiger partial charge in [0.05, 0.1) is 11.7 Å². The van der Waals surface area contributed by atoms with E-state index in [4.69, 9.17) is 11.6 Å². The molecular formula is C14H14ClF3N2O. The van der Waals surface area contributed by atoms with Gasteiger partial charge in [0.1, 0.15) is 11.8 Å². The predicted octanol–water partition coefficient (Wildman–Crippen LogP) is 4.17. The number of alkyl halides is 3. The Balaban J connectivity index is 1.97. The van der Waals surface area contributed by atoms with E-state index in [2.05, 4.69) is 10.2 Å². The molecule has 3 nitrogen and oxygen atoms in total. The number of nitrogens with one attached hydrogen (secondary N) is 1. The Morgan fingerprint density at radius 2 is 1.86 bits per heavy atom. The minimum absolute atomic E-state index is 0.253. The van der Waals surface area contributed by atoms with Crippen LogP contribution in [-0.4, -0.2) is 26.9 Å². The van der Waals surface area contributed by atoms with Crippen LogP contribution in [-0.2, 0) is 0 Å². The molecule has 0 bridgehead atoms. The molecule has 0 spiro atoms. The number of nitrogens with zero attached hydrogens (tertiary/aromatic N) is 1. The Morgan fingerprint density at radius 3 is 2.52 bits per heavy atom. The predicted molar refractivity (Wildman–Crippen MR) is 73.3 cm³/mol. The third kappa shape index (κ3) is 2.62. The van der Waals surface area contributed by atoms with Crippen molar-refractivity contribution in [3.8, 4) is 0 Å². The van der Waals surface area contributed by atoms with Crippen LogP contribution in [0, 0.1) is 0 Å². The van der Waals surface area contributed by atoms with Crippen molar-refractivity contribution in [1.82, 2.24) is 10.2 Å². The maximum absolute atomic E-state index is 14.9. The van der Waals surface area contributed by atoms with Gasteiger partial charge in [-0.1, -0.05) is 11.6 Å². The van der Waals surface area contributed by atoms with E-state index in [0.717, 1.165) is 0 Å². The Kier molecular flexibility index (Phi) is 3.41. The first-order valence-corrected chi connectivity index (χ1v) is 7.06. The molecule has 1 aliphatic rings. The van der Waals surface area contributed by atoms with E-state index in [1.54, 1.807) is 6.07 Å². The zero-order valence-electron chi connectivity index (χ0n) is 11.0. The van der Waals surface area contributed by atoms with Crippen LogP contribution in [0.1, 0.15) is 37.4 Å². The normalized spacial score (nSPS) is 22.3. The Labute approximate surface area is 124 Å². The summed E-state index contributed by atoms with van der Waals surface area (Å²) in [6, 6.07) is 3.08. The second-order valence-corrected chi connectivity index (χ2v) is 6.06. The average Bonchev–Trinajstić information content (AvgIpc) is 2.89. The lowest BCUT2D eigenvalue weighted by atomic mass is 9.78. The third-order valence-corrected chi connectivity index (χ3v) is 4.36. The molecule has 21 heavy (non-hydrogen) atoms. The van der Waals surface area contributed by atoms with E-state index in [0.29, 0.717) is 15.9 Å². The van der Waals surface area contributed by atoms with Crippen molar-refractivity contribution in [2.45, 2.75) is 43.4 Å². The molecule has 0 radical (unpaired) electrons. The van der Waals surface area contributed by atoms with Crippen molar-refractivity contribution in [3.05, 3.63) is 28.9 Å². The molecule has 1 heterocycles. The van der Waals surface area contributed by atoms with Crippen LogP contribution in [0.15, 0.2) is 18.3 Å². The van der Waals surface area contributed by atoms with Gasteiger partial charge in [0, 0.05) is 28.8 Å². The van der Waals surface area contributed by atoms with E-state index >= 15 is 0 Å². The number of H-pyrrole nitrogens is 1. The first kappa shape index (κ1) is 14.7. The lowest BCUT2D eigenvalue weighted by molar-refractivity contribution is -0.112. The summed E-state index contributed by atoms with van der Waals surface area (Å²) in [6.45, 7) is 0. The largest absolute Gasteiger partial charge is 0.385 e. The van der Waals surface area contributed by atoms with Gasteiger partial charge >= 0.3 is 0 Å². The van der Waals surface area contributed by atoms with E-state index in [9.17, 15) is 18.3 Å². The van der Waals surface area contributed by atoms with Crippen molar-refractivity contribution < 1.29 is 18.3 Å². The molecule has 3 rings (SSSR count). The lowest BCUT2D eigenvalue weighted by Crippen LogP contribution is -2.40. The molecule has 114 valence electrons. The fourth-order valence-electron chi connectivity index (χ4n) is 2.85. The Morgan fingerprint density at radius 1 is 1.19 bits per heavy atom. The van der Waals surface area contributed by atoms with Crippen molar-refractivity contribution in [3.63, 3.8) is 0 Å². The number of benzene rings is 1. The molecule has 0 saturated heterocycles. The summed E-state index contributed by atoms with van der Waals surface area (Å²) in [7, 11) is 0. The number of aliphatic hydroxyl groups is 1. The molecule has 0 amide bonds. The highest BCUT2D eigenvalue weighted by atomic mass is 35.5. The van der Waals surface area contributed by atoms with Gasteiger partial charge < -0.3 is 5.11 Å². The minimum atomic E-state index is -2.85. The Hall–Kier alpha value is -1.27. The summed E-state index contributed by atoms with van der Waals surface area (Å²) in [5.41, 5.74) is -1.35. The van der Waals surface area contributed by atoms with Gasteiger partial charge in [-0.2, -0.15) is 5.10 Å². The van der Waals surface area contributed by atoms with Crippen LogP contribution in [0.4, 0.5) is 13.2 Å². The standard InChI is InChI=1S/C14H14ClF3N2O/c15-9-5-8-7-19-20-11(8)10(6-9)12(21)13(16)1-3-14(17,18)4-2-13/h5-7,12,21H,1-4H2,(H,19,20). The van der Waals surface area contributed by atoms with Gasteiger partial charge in [-0.25, -0.2) is 13.2 Å². The molecule has 1 atom stereocenters. The number of aromatic nitrogens is 2. The molecule has 7 heteroatoms. The highest BCUT2D eigenvalue weighted by Crippen LogP contribution is 2.47. The van der Waals surface area contributed by atoms with Crippen LogP contribution in [0.25, 0.3) is 10.9 Å². The molecular weight excluding hydrogens is 305 g/mol. The van der Waals surface area contributed by atoms with E-state index in [1.165, 1.54) is 12.3 Å². The van der Waals surface area contributed by atoms with E-state index in [-0.39, 0.29) is 18.4 Å². The molecule has 0 aliphatic heterocycles. The van der Waals surface area contributed by atoms with Crippen molar-refractivity contribution >= 4 is 22.5 Å². The first-order chi connectivity index (χ1) is 9.81. The minimum Gasteiger partial charge on any atom is -0.385 e. The monoisotopic (exact) mass is 318 g/mol. The van der Waals surface area contributed by atoms with E-state index < -0.39 is 30.5 Å². The van der Waals surface area contributed by atoms with Crippen molar-refractivity contribution in [1.29, 1.82) is 0 Å². The summed E-state index contributed by atoms with van der Waals surface area (Å²) in [5, 5.41) is 17.9. The van der Waals surface area contributed by atoms with Crippen LogP contribution in [0.2, 0.25) is 5.02 Å². The summed E-state index contributed by atoms with van der Waals surface area (Å²) in [4.78, 5) is 0. The maximum atomic E-state index is 14.9. The fourth-order valence-corrected chi connectivity index (χ4v) is 3.08. The van der Waals surface area contributed by atoms with Gasteiger partial charge in [0.25, 0.3) is 0 Å². The summed E-state index contributed by atoms with van der Waals surface area (Å²) < 4.78 is 41.3. The second kappa shape index (κ2) is 4.88. The molecule has 1 saturated carbocycles. The number of hydrogen-bond acceptors (Lipinski definition) is 2. The van der Waals surface area contributed by atoms with E-state index in [1.807, 2.05) is 0 Å². The second-order valence-electron chi connectivity index (χ2n) is 5.62. The number of rotatable bonds is 2. The quantitative estimate of drug-likeness (QED) is 0.873. The molecule has 1 fully saturated rings. The number of aliphatic hydroxyl groups excluding tert-OH is 1. The number of halogens is 4. The smallest absolute Gasteiger partial charge is 0.248 e. The van der Waals surface area contributed by atoms with Gasteiger partial charge in [0.15, 0.2) is 0 Å². The van der Waals surface area contributed by atoms with Crippen LogP contribution < -0.4 is 0 Å². The third-order valence-electron chi connectivity index (χ3n) is 4.14. The van der Waals surface area contributed by atoms with Crippen molar-refractivity contribution in [2.75, 3.05) is 0 Å². The molecule has 1 aromatic heterocycles. The first-order valence-electron chi connectivity index (χ1n) is 6.68. The molecule has 2 aromatic rings. The molecule has 2 N–H and O–H groups in total. The number of fused-ring (bicyclic) bond motifs is 1. The number of hydrogen-bond donors (Lipinski definition) is 2. The summed E-state index contributed by atoms with van der Waals surface area (Å²) >= 11 is 5.96. The van der Waals surface area contributed by atoms with Crippen LogP contribution >= 0.6 is 11.6 Å². The van der Waals surface area contributed by atoms with Gasteiger partial charge in [-0.05, 0) is 25.0 Å². The summed E-state index contributed by atoms with van der Waals surface area (Å²) in [6.07, 6.45) is -1.90. The van der Waals surface area contributed by atoms with Gasteiger partial charge in [-0.3, -0.25) is 5.10 Å². The van der Waals surface area contributed by atoms with Gasteiger partial charge in [0.2, 0.25) is 5.92 Å². The SMILES string of the molecule is OC(c1cc(Cl)cc2cn[nH]c12)C1(F)CCC(F)(F)CC1. The molecule has 1 unspecified atom stereocenters. The number of aromatic amines is 1. The maximum Gasteiger partial charge on any atom is 0.248 e.